The van der Waals surface area contributed by atoms with Gasteiger partial charge in [-0.25, -0.2) is 0 Å². The molecule has 1 N–H and O–H groups in total. The molecular weight excluding hydrogens is 382 g/mol. The second-order valence-electron chi connectivity index (χ2n) is 8.30. The molecule has 0 spiro atoms. The van der Waals surface area contributed by atoms with Crippen molar-refractivity contribution in [1.82, 2.24) is 5.32 Å². The van der Waals surface area contributed by atoms with Crippen LogP contribution in [0.5, 0.6) is 0 Å². The van der Waals surface area contributed by atoms with Crippen molar-refractivity contribution in [3.05, 3.63) is 71.0 Å². The molecule has 2 amide bonds. The van der Waals surface area contributed by atoms with Crippen LogP contribution in [0.1, 0.15) is 47.8 Å². The van der Waals surface area contributed by atoms with Gasteiger partial charge in [0.25, 0.3) is 11.8 Å². The topological polar surface area (TPSA) is 85.6 Å². The lowest BCUT2D eigenvalue weighted by Crippen LogP contribution is -2.34. The van der Waals surface area contributed by atoms with Gasteiger partial charge in [0.05, 0.1) is 12.7 Å². The zero-order chi connectivity index (χ0) is 21.9. The SMILES string of the molecule is Cc1ccc2c(CC(=O)OCC(=O)NC(=O)c3ccc(C(C)(C)C)cc3)coc2c1. The highest BCUT2D eigenvalue weighted by Crippen LogP contribution is 2.23. The lowest BCUT2D eigenvalue weighted by Gasteiger charge is -2.18. The Morgan fingerprint density at radius 2 is 1.73 bits per heavy atom. The van der Waals surface area contributed by atoms with Gasteiger partial charge in [0, 0.05) is 16.5 Å². The van der Waals surface area contributed by atoms with Gasteiger partial charge < -0.3 is 9.15 Å². The molecule has 0 fully saturated rings. The summed E-state index contributed by atoms with van der Waals surface area (Å²) in [6.45, 7) is 7.66. The standard InChI is InChI=1S/C24H25NO5/c1-15-5-10-19-17(13-29-20(19)11-15)12-22(27)30-14-21(26)25-23(28)16-6-8-18(9-7-16)24(2,3)4/h5-11,13H,12,14H2,1-4H3,(H,25,26,28). The maximum atomic E-state index is 12.2. The Balaban J connectivity index is 1.51. The van der Waals surface area contributed by atoms with Gasteiger partial charge in [0.2, 0.25) is 0 Å². The fourth-order valence-electron chi connectivity index (χ4n) is 3.04. The molecule has 0 saturated heterocycles. The van der Waals surface area contributed by atoms with Crippen LogP contribution in [0.2, 0.25) is 0 Å². The van der Waals surface area contributed by atoms with E-state index >= 15 is 0 Å². The molecule has 2 aromatic carbocycles. The van der Waals surface area contributed by atoms with Crippen molar-refractivity contribution in [2.45, 2.75) is 39.5 Å². The minimum absolute atomic E-state index is 0.0223. The Bertz CT molecular complexity index is 1090. The predicted molar refractivity (Wildman–Crippen MR) is 113 cm³/mol. The largest absolute Gasteiger partial charge is 0.464 e. The number of nitrogens with one attached hydrogen (secondary N) is 1. The molecule has 3 rings (SSSR count). The summed E-state index contributed by atoms with van der Waals surface area (Å²) < 4.78 is 10.5. The molecule has 0 aliphatic carbocycles. The predicted octanol–water partition coefficient (Wildman–Crippen LogP) is 4.08. The van der Waals surface area contributed by atoms with Gasteiger partial charge in [0.1, 0.15) is 5.58 Å². The van der Waals surface area contributed by atoms with Gasteiger partial charge in [-0.05, 0) is 41.7 Å². The number of hydrogen-bond donors (Lipinski definition) is 1. The molecule has 0 atom stereocenters. The number of hydrogen-bond acceptors (Lipinski definition) is 5. The van der Waals surface area contributed by atoms with E-state index in [0.29, 0.717) is 16.7 Å². The number of fused-ring (bicyclic) bond motifs is 1. The lowest BCUT2D eigenvalue weighted by atomic mass is 9.87. The second kappa shape index (κ2) is 8.53. The Hall–Kier alpha value is -3.41. The van der Waals surface area contributed by atoms with Crippen molar-refractivity contribution >= 4 is 28.8 Å². The van der Waals surface area contributed by atoms with Crippen molar-refractivity contribution in [2.24, 2.45) is 0 Å². The van der Waals surface area contributed by atoms with Crippen LogP contribution in [0.15, 0.2) is 53.1 Å². The summed E-state index contributed by atoms with van der Waals surface area (Å²) in [7, 11) is 0. The minimum Gasteiger partial charge on any atom is -0.464 e. The van der Waals surface area contributed by atoms with Crippen LogP contribution in [-0.2, 0) is 26.2 Å². The van der Waals surface area contributed by atoms with E-state index in [2.05, 4.69) is 26.1 Å². The van der Waals surface area contributed by atoms with Crippen LogP contribution in [-0.4, -0.2) is 24.4 Å². The number of benzene rings is 2. The summed E-state index contributed by atoms with van der Waals surface area (Å²) in [5.74, 6) is -1.79. The molecule has 6 nitrogen and oxygen atoms in total. The molecule has 0 unspecified atom stereocenters. The van der Waals surface area contributed by atoms with E-state index in [1.54, 1.807) is 12.1 Å². The molecule has 6 heteroatoms. The van der Waals surface area contributed by atoms with Crippen molar-refractivity contribution < 1.29 is 23.5 Å². The number of imide groups is 1. The quantitative estimate of drug-likeness (QED) is 0.644. The third kappa shape index (κ3) is 5.14. The number of amides is 2. The average Bonchev–Trinajstić information content (AvgIpc) is 3.07. The molecule has 0 aliphatic rings. The van der Waals surface area contributed by atoms with Crippen LogP contribution in [0.25, 0.3) is 11.0 Å². The lowest BCUT2D eigenvalue weighted by molar-refractivity contribution is -0.147. The number of carbonyl (C=O) groups is 3. The van der Waals surface area contributed by atoms with E-state index < -0.39 is 24.4 Å². The molecule has 1 aromatic heterocycles. The van der Waals surface area contributed by atoms with Crippen LogP contribution < -0.4 is 5.32 Å². The van der Waals surface area contributed by atoms with Gasteiger partial charge in [-0.3, -0.25) is 19.7 Å². The number of esters is 1. The summed E-state index contributed by atoms with van der Waals surface area (Å²) in [4.78, 5) is 36.3. The molecule has 3 aromatic rings. The van der Waals surface area contributed by atoms with Gasteiger partial charge in [-0.15, -0.1) is 0 Å². The highest BCUT2D eigenvalue weighted by atomic mass is 16.5. The molecule has 0 radical (unpaired) electrons. The van der Waals surface area contributed by atoms with Crippen molar-refractivity contribution in [1.29, 1.82) is 0 Å². The zero-order valence-corrected chi connectivity index (χ0v) is 17.6. The molecule has 0 saturated carbocycles. The van der Waals surface area contributed by atoms with E-state index in [0.717, 1.165) is 16.5 Å². The third-order valence-corrected chi connectivity index (χ3v) is 4.78. The van der Waals surface area contributed by atoms with E-state index in [-0.39, 0.29) is 11.8 Å². The van der Waals surface area contributed by atoms with Gasteiger partial charge in [-0.2, -0.15) is 0 Å². The van der Waals surface area contributed by atoms with Crippen molar-refractivity contribution in [2.75, 3.05) is 6.61 Å². The van der Waals surface area contributed by atoms with Crippen LogP contribution >= 0.6 is 0 Å². The molecule has 0 bridgehead atoms. The fourth-order valence-corrected chi connectivity index (χ4v) is 3.04. The zero-order valence-electron chi connectivity index (χ0n) is 17.6. The number of ether oxygens (including phenoxy) is 1. The fraction of sp³-hybridized carbons (Fsp3) is 0.292. The third-order valence-electron chi connectivity index (χ3n) is 4.78. The van der Waals surface area contributed by atoms with Gasteiger partial charge in [-0.1, -0.05) is 45.0 Å². The summed E-state index contributed by atoms with van der Waals surface area (Å²) >= 11 is 0. The van der Waals surface area contributed by atoms with Crippen LogP contribution in [0, 0.1) is 6.92 Å². The molecule has 1 heterocycles. The van der Waals surface area contributed by atoms with Crippen molar-refractivity contribution in [3.63, 3.8) is 0 Å². The first-order valence-electron chi connectivity index (χ1n) is 9.70. The Kier molecular flexibility index (Phi) is 6.06. The Labute approximate surface area is 175 Å². The smallest absolute Gasteiger partial charge is 0.310 e. The van der Waals surface area contributed by atoms with E-state index in [9.17, 15) is 14.4 Å². The molecule has 156 valence electrons. The van der Waals surface area contributed by atoms with E-state index in [4.69, 9.17) is 9.15 Å². The number of furan rings is 1. The summed E-state index contributed by atoms with van der Waals surface area (Å²) in [5.41, 5.74) is 3.85. The highest BCUT2D eigenvalue weighted by Gasteiger charge is 2.17. The first kappa shape index (κ1) is 21.3. The maximum absolute atomic E-state index is 12.2. The van der Waals surface area contributed by atoms with Crippen LogP contribution in [0.3, 0.4) is 0 Å². The number of carbonyl (C=O) groups excluding carboxylic acids is 3. The molecular formula is C24H25NO5. The normalized spacial score (nSPS) is 11.3. The molecule has 30 heavy (non-hydrogen) atoms. The Morgan fingerprint density at radius 3 is 2.40 bits per heavy atom. The van der Waals surface area contributed by atoms with E-state index in [1.165, 1.54) is 6.26 Å². The molecule has 0 aliphatic heterocycles. The summed E-state index contributed by atoms with van der Waals surface area (Å²) in [6.07, 6.45) is 1.49. The summed E-state index contributed by atoms with van der Waals surface area (Å²) in [5, 5.41) is 3.06. The first-order valence-corrected chi connectivity index (χ1v) is 9.70. The Morgan fingerprint density at radius 1 is 1.03 bits per heavy atom. The van der Waals surface area contributed by atoms with Gasteiger partial charge in [0.15, 0.2) is 6.61 Å². The summed E-state index contributed by atoms with van der Waals surface area (Å²) in [6, 6.07) is 12.7. The van der Waals surface area contributed by atoms with Crippen LogP contribution in [0.4, 0.5) is 0 Å². The average molecular weight is 407 g/mol. The van der Waals surface area contributed by atoms with Gasteiger partial charge >= 0.3 is 5.97 Å². The number of aryl methyl sites for hydroxylation is 1. The first-order chi connectivity index (χ1) is 14.1. The van der Waals surface area contributed by atoms with Crippen molar-refractivity contribution in [3.8, 4) is 0 Å². The van der Waals surface area contributed by atoms with E-state index in [1.807, 2.05) is 37.3 Å². The number of rotatable bonds is 5. The monoisotopic (exact) mass is 407 g/mol. The minimum atomic E-state index is -0.680. The second-order valence-corrected chi connectivity index (χ2v) is 8.30. The maximum Gasteiger partial charge on any atom is 0.310 e. The highest BCUT2D eigenvalue weighted by molar-refractivity contribution is 6.05.